The molecule has 2 aromatic heterocycles. The lowest BCUT2D eigenvalue weighted by Gasteiger charge is -2.03. The van der Waals surface area contributed by atoms with Crippen LogP contribution in [0.4, 0.5) is 0 Å². The van der Waals surface area contributed by atoms with E-state index in [2.05, 4.69) is 9.97 Å². The van der Waals surface area contributed by atoms with E-state index in [9.17, 15) is 4.79 Å². The first-order valence-electron chi connectivity index (χ1n) is 4.53. The molecular formula is C11H8N2O2S. The predicted octanol–water partition coefficient (Wildman–Crippen LogP) is 2.33. The van der Waals surface area contributed by atoms with Crippen LogP contribution in [0.15, 0.2) is 52.8 Å². The van der Waals surface area contributed by atoms with E-state index >= 15 is 0 Å². The molecule has 0 saturated heterocycles. The number of hydrogen-bond acceptors (Lipinski definition) is 4. The number of carboxylic acids is 1. The SMILES string of the molecule is O=C(O)c1cccnc1Sc1ccncc1. The molecule has 0 unspecified atom stereocenters. The van der Waals surface area contributed by atoms with Crippen molar-refractivity contribution >= 4 is 17.7 Å². The fourth-order valence-corrected chi connectivity index (χ4v) is 2.01. The van der Waals surface area contributed by atoms with Crippen molar-refractivity contribution in [2.75, 3.05) is 0 Å². The van der Waals surface area contributed by atoms with Crippen molar-refractivity contribution < 1.29 is 9.90 Å². The summed E-state index contributed by atoms with van der Waals surface area (Å²) in [4.78, 5) is 19.8. The van der Waals surface area contributed by atoms with Crippen LogP contribution < -0.4 is 0 Å². The van der Waals surface area contributed by atoms with Crippen LogP contribution in [0.3, 0.4) is 0 Å². The van der Waals surface area contributed by atoms with Crippen LogP contribution >= 0.6 is 11.8 Å². The van der Waals surface area contributed by atoms with Gasteiger partial charge in [-0.05, 0) is 24.3 Å². The zero-order valence-corrected chi connectivity index (χ0v) is 9.02. The molecule has 0 atom stereocenters. The van der Waals surface area contributed by atoms with Crippen LogP contribution in [0.2, 0.25) is 0 Å². The summed E-state index contributed by atoms with van der Waals surface area (Å²) in [6.45, 7) is 0. The maximum absolute atomic E-state index is 10.9. The van der Waals surface area contributed by atoms with E-state index in [-0.39, 0.29) is 5.56 Å². The molecule has 0 aliphatic carbocycles. The third-order valence-corrected chi connectivity index (χ3v) is 2.89. The molecule has 0 amide bonds. The minimum absolute atomic E-state index is 0.212. The van der Waals surface area contributed by atoms with Crippen molar-refractivity contribution in [3.8, 4) is 0 Å². The molecule has 0 saturated carbocycles. The average molecular weight is 232 g/mol. The van der Waals surface area contributed by atoms with Crippen LogP contribution in [0.5, 0.6) is 0 Å². The van der Waals surface area contributed by atoms with Crippen molar-refractivity contribution in [1.29, 1.82) is 0 Å². The molecule has 80 valence electrons. The zero-order valence-electron chi connectivity index (χ0n) is 8.20. The van der Waals surface area contributed by atoms with E-state index in [1.54, 1.807) is 30.7 Å². The van der Waals surface area contributed by atoms with Crippen LogP contribution in [0, 0.1) is 0 Å². The Bertz CT molecular complexity index is 502. The summed E-state index contributed by atoms with van der Waals surface area (Å²) < 4.78 is 0. The quantitative estimate of drug-likeness (QED) is 0.879. The number of hydrogen-bond donors (Lipinski definition) is 1. The lowest BCUT2D eigenvalue weighted by Crippen LogP contribution is -1.99. The Kier molecular flexibility index (Phi) is 3.16. The molecule has 0 bridgehead atoms. The summed E-state index contributed by atoms with van der Waals surface area (Å²) in [6, 6.07) is 6.77. The Balaban J connectivity index is 2.31. The van der Waals surface area contributed by atoms with Crippen molar-refractivity contribution in [3.05, 3.63) is 48.4 Å². The number of carbonyl (C=O) groups is 1. The van der Waals surface area contributed by atoms with Gasteiger partial charge >= 0.3 is 5.97 Å². The number of rotatable bonds is 3. The van der Waals surface area contributed by atoms with E-state index in [1.165, 1.54) is 11.8 Å². The Morgan fingerprint density at radius 3 is 2.62 bits per heavy atom. The fraction of sp³-hybridized carbons (Fsp3) is 0. The molecule has 0 spiro atoms. The van der Waals surface area contributed by atoms with Gasteiger partial charge in [-0.25, -0.2) is 9.78 Å². The highest BCUT2D eigenvalue weighted by atomic mass is 32.2. The lowest BCUT2D eigenvalue weighted by molar-refractivity contribution is 0.0692. The van der Waals surface area contributed by atoms with E-state index in [0.717, 1.165) is 4.90 Å². The normalized spacial score (nSPS) is 10.0. The van der Waals surface area contributed by atoms with Gasteiger partial charge in [0.2, 0.25) is 0 Å². The predicted molar refractivity (Wildman–Crippen MR) is 59.6 cm³/mol. The number of aromatic nitrogens is 2. The highest BCUT2D eigenvalue weighted by molar-refractivity contribution is 7.99. The van der Waals surface area contributed by atoms with Crippen molar-refractivity contribution in [2.45, 2.75) is 9.92 Å². The second kappa shape index (κ2) is 4.76. The Hall–Kier alpha value is -1.88. The summed E-state index contributed by atoms with van der Waals surface area (Å²) in [7, 11) is 0. The van der Waals surface area contributed by atoms with Gasteiger partial charge in [0, 0.05) is 23.5 Å². The van der Waals surface area contributed by atoms with E-state index in [1.807, 2.05) is 12.1 Å². The molecule has 2 rings (SSSR count). The minimum atomic E-state index is -0.968. The van der Waals surface area contributed by atoms with Gasteiger partial charge in [-0.1, -0.05) is 11.8 Å². The number of nitrogens with zero attached hydrogens (tertiary/aromatic N) is 2. The molecule has 0 aromatic carbocycles. The number of aromatic carboxylic acids is 1. The molecule has 16 heavy (non-hydrogen) atoms. The van der Waals surface area contributed by atoms with E-state index in [0.29, 0.717) is 5.03 Å². The Labute approximate surface area is 96.4 Å². The second-order valence-electron chi connectivity index (χ2n) is 2.95. The van der Waals surface area contributed by atoms with Crippen LogP contribution in [0.25, 0.3) is 0 Å². The first kappa shape index (κ1) is 10.6. The van der Waals surface area contributed by atoms with Gasteiger partial charge in [-0.15, -0.1) is 0 Å². The number of pyridine rings is 2. The summed E-state index contributed by atoms with van der Waals surface area (Å²) in [5.74, 6) is -0.968. The zero-order chi connectivity index (χ0) is 11.4. The van der Waals surface area contributed by atoms with Gasteiger partial charge < -0.3 is 5.11 Å². The highest BCUT2D eigenvalue weighted by Crippen LogP contribution is 2.27. The van der Waals surface area contributed by atoms with Crippen LogP contribution in [-0.2, 0) is 0 Å². The smallest absolute Gasteiger partial charge is 0.338 e. The second-order valence-corrected chi connectivity index (χ2v) is 4.01. The third kappa shape index (κ3) is 2.38. The lowest BCUT2D eigenvalue weighted by atomic mass is 10.3. The van der Waals surface area contributed by atoms with E-state index < -0.39 is 5.97 Å². The van der Waals surface area contributed by atoms with Gasteiger partial charge in [-0.2, -0.15) is 0 Å². The fourth-order valence-electron chi connectivity index (χ4n) is 1.15. The highest BCUT2D eigenvalue weighted by Gasteiger charge is 2.11. The molecule has 0 aliphatic heterocycles. The molecule has 4 nitrogen and oxygen atoms in total. The summed E-state index contributed by atoms with van der Waals surface area (Å²) >= 11 is 1.31. The van der Waals surface area contributed by atoms with Gasteiger partial charge in [0.1, 0.15) is 5.03 Å². The molecule has 0 fully saturated rings. The Morgan fingerprint density at radius 2 is 1.94 bits per heavy atom. The summed E-state index contributed by atoms with van der Waals surface area (Å²) in [6.07, 6.45) is 4.90. The molecular weight excluding hydrogens is 224 g/mol. The molecule has 2 heterocycles. The maximum Gasteiger partial charge on any atom is 0.338 e. The van der Waals surface area contributed by atoms with Crippen molar-refractivity contribution in [3.63, 3.8) is 0 Å². The molecule has 0 aliphatic rings. The van der Waals surface area contributed by atoms with Crippen molar-refractivity contribution in [1.82, 2.24) is 9.97 Å². The first-order valence-corrected chi connectivity index (χ1v) is 5.35. The van der Waals surface area contributed by atoms with Gasteiger partial charge in [0.05, 0.1) is 5.56 Å². The van der Waals surface area contributed by atoms with Gasteiger partial charge in [-0.3, -0.25) is 4.98 Å². The van der Waals surface area contributed by atoms with Crippen LogP contribution in [0.1, 0.15) is 10.4 Å². The summed E-state index contributed by atoms with van der Waals surface area (Å²) in [5, 5.41) is 9.47. The molecule has 0 radical (unpaired) electrons. The monoisotopic (exact) mass is 232 g/mol. The first-order chi connectivity index (χ1) is 7.77. The average Bonchev–Trinajstić information content (AvgIpc) is 2.31. The third-order valence-electron chi connectivity index (χ3n) is 1.87. The molecule has 5 heteroatoms. The van der Waals surface area contributed by atoms with Crippen LogP contribution in [-0.4, -0.2) is 21.0 Å². The van der Waals surface area contributed by atoms with E-state index in [4.69, 9.17) is 5.11 Å². The standard InChI is InChI=1S/C11H8N2O2S/c14-11(15)9-2-1-5-13-10(9)16-8-3-6-12-7-4-8/h1-7H,(H,14,15). The van der Waals surface area contributed by atoms with Crippen molar-refractivity contribution in [2.24, 2.45) is 0 Å². The van der Waals surface area contributed by atoms with Gasteiger partial charge in [0.15, 0.2) is 0 Å². The van der Waals surface area contributed by atoms with Gasteiger partial charge in [0.25, 0.3) is 0 Å². The molecule has 1 N–H and O–H groups in total. The largest absolute Gasteiger partial charge is 0.478 e. The number of carboxylic acid groups (broad SMARTS) is 1. The Morgan fingerprint density at radius 1 is 1.19 bits per heavy atom. The maximum atomic E-state index is 10.9. The minimum Gasteiger partial charge on any atom is -0.478 e. The topological polar surface area (TPSA) is 63.1 Å². The summed E-state index contributed by atoms with van der Waals surface area (Å²) in [5.41, 5.74) is 0.212. The molecule has 2 aromatic rings.